The van der Waals surface area contributed by atoms with Gasteiger partial charge in [0.25, 0.3) is 0 Å². The maximum Gasteiger partial charge on any atom is 0.126 e. The number of methoxy groups -OCH3 is 1. The average Bonchev–Trinajstić information content (AvgIpc) is 2.18. The molecule has 2 nitrogen and oxygen atoms in total. The summed E-state index contributed by atoms with van der Waals surface area (Å²) in [4.78, 5) is 0. The Morgan fingerprint density at radius 3 is 2.71 bits per heavy atom. The summed E-state index contributed by atoms with van der Waals surface area (Å²) in [6, 6.07) is 6.77. The SMILES string of the molecule is COCC(CCN)c1ccccc1F. The van der Waals surface area contributed by atoms with Gasteiger partial charge in [-0.1, -0.05) is 18.2 Å². The molecular weight excluding hydrogens is 181 g/mol. The molecule has 0 amide bonds. The van der Waals surface area contributed by atoms with Crippen LogP contribution in [0, 0.1) is 5.82 Å². The Hall–Kier alpha value is -0.930. The van der Waals surface area contributed by atoms with Crippen LogP contribution >= 0.6 is 0 Å². The molecule has 1 aromatic rings. The maximum atomic E-state index is 13.4. The summed E-state index contributed by atoms with van der Waals surface area (Å²) in [5, 5.41) is 0. The highest BCUT2D eigenvalue weighted by atomic mass is 19.1. The van der Waals surface area contributed by atoms with E-state index in [0.29, 0.717) is 18.7 Å². The summed E-state index contributed by atoms with van der Waals surface area (Å²) < 4.78 is 18.4. The van der Waals surface area contributed by atoms with Gasteiger partial charge in [-0.15, -0.1) is 0 Å². The fourth-order valence-electron chi connectivity index (χ4n) is 1.54. The molecule has 1 unspecified atom stereocenters. The minimum Gasteiger partial charge on any atom is -0.384 e. The summed E-state index contributed by atoms with van der Waals surface area (Å²) in [6.07, 6.45) is 0.745. The molecule has 3 heteroatoms. The van der Waals surface area contributed by atoms with E-state index >= 15 is 0 Å². The first-order valence-electron chi connectivity index (χ1n) is 4.73. The van der Waals surface area contributed by atoms with Crippen LogP contribution in [0.1, 0.15) is 17.9 Å². The molecule has 0 aliphatic rings. The van der Waals surface area contributed by atoms with Crippen molar-refractivity contribution in [2.45, 2.75) is 12.3 Å². The fourth-order valence-corrected chi connectivity index (χ4v) is 1.54. The Bertz CT molecular complexity index is 272. The molecule has 0 fully saturated rings. The lowest BCUT2D eigenvalue weighted by atomic mass is 9.96. The number of benzene rings is 1. The van der Waals surface area contributed by atoms with Crippen LogP contribution in [0.5, 0.6) is 0 Å². The molecule has 0 radical (unpaired) electrons. The highest BCUT2D eigenvalue weighted by Crippen LogP contribution is 2.21. The van der Waals surface area contributed by atoms with Gasteiger partial charge in [0.05, 0.1) is 6.61 Å². The molecular formula is C11H16FNO. The molecule has 0 aromatic heterocycles. The standard InChI is InChI=1S/C11H16FNO/c1-14-8-9(6-7-13)10-4-2-3-5-11(10)12/h2-5,9H,6-8,13H2,1H3. The van der Waals surface area contributed by atoms with Gasteiger partial charge in [0, 0.05) is 13.0 Å². The van der Waals surface area contributed by atoms with Gasteiger partial charge in [-0.25, -0.2) is 4.39 Å². The van der Waals surface area contributed by atoms with Gasteiger partial charge in [-0.2, -0.15) is 0 Å². The van der Waals surface area contributed by atoms with E-state index in [4.69, 9.17) is 10.5 Å². The summed E-state index contributed by atoms with van der Waals surface area (Å²) in [6.45, 7) is 1.06. The van der Waals surface area contributed by atoms with Crippen LogP contribution in [0.25, 0.3) is 0 Å². The van der Waals surface area contributed by atoms with Crippen molar-refractivity contribution in [3.63, 3.8) is 0 Å². The van der Waals surface area contributed by atoms with Gasteiger partial charge in [0.15, 0.2) is 0 Å². The number of hydrogen-bond donors (Lipinski definition) is 1. The fraction of sp³-hybridized carbons (Fsp3) is 0.455. The Balaban J connectivity index is 2.81. The molecule has 2 N–H and O–H groups in total. The van der Waals surface area contributed by atoms with Crippen LogP contribution < -0.4 is 5.73 Å². The van der Waals surface area contributed by atoms with Crippen LogP contribution in [0.2, 0.25) is 0 Å². The quantitative estimate of drug-likeness (QED) is 0.782. The van der Waals surface area contributed by atoms with E-state index in [0.717, 1.165) is 6.42 Å². The third kappa shape index (κ3) is 2.79. The lowest BCUT2D eigenvalue weighted by Crippen LogP contribution is -2.13. The van der Waals surface area contributed by atoms with Crippen LogP contribution in [-0.2, 0) is 4.74 Å². The Morgan fingerprint density at radius 1 is 1.43 bits per heavy atom. The average molecular weight is 197 g/mol. The van der Waals surface area contributed by atoms with E-state index in [9.17, 15) is 4.39 Å². The molecule has 0 saturated heterocycles. The van der Waals surface area contributed by atoms with Crippen LogP contribution in [-0.4, -0.2) is 20.3 Å². The van der Waals surface area contributed by atoms with Gasteiger partial charge in [-0.05, 0) is 24.6 Å². The Morgan fingerprint density at radius 2 is 2.14 bits per heavy atom. The number of hydrogen-bond acceptors (Lipinski definition) is 2. The first-order valence-corrected chi connectivity index (χ1v) is 4.73. The molecule has 0 spiro atoms. The van der Waals surface area contributed by atoms with E-state index in [2.05, 4.69) is 0 Å². The molecule has 1 rings (SSSR count). The topological polar surface area (TPSA) is 35.2 Å². The smallest absolute Gasteiger partial charge is 0.126 e. The monoisotopic (exact) mass is 197 g/mol. The summed E-state index contributed by atoms with van der Waals surface area (Å²) in [5.41, 5.74) is 6.16. The number of nitrogens with two attached hydrogens (primary N) is 1. The molecule has 14 heavy (non-hydrogen) atoms. The molecule has 1 atom stereocenters. The zero-order chi connectivity index (χ0) is 10.4. The highest BCUT2D eigenvalue weighted by molar-refractivity contribution is 5.21. The lowest BCUT2D eigenvalue weighted by molar-refractivity contribution is 0.175. The minimum atomic E-state index is -0.178. The third-order valence-corrected chi connectivity index (χ3v) is 2.23. The van der Waals surface area contributed by atoms with Crippen molar-refractivity contribution < 1.29 is 9.13 Å². The second-order valence-corrected chi connectivity index (χ2v) is 3.25. The van der Waals surface area contributed by atoms with Crippen molar-refractivity contribution in [3.8, 4) is 0 Å². The van der Waals surface area contributed by atoms with E-state index in [1.54, 1.807) is 19.2 Å². The van der Waals surface area contributed by atoms with E-state index < -0.39 is 0 Å². The second-order valence-electron chi connectivity index (χ2n) is 3.25. The molecule has 0 saturated carbocycles. The van der Waals surface area contributed by atoms with E-state index in [-0.39, 0.29) is 11.7 Å². The van der Waals surface area contributed by atoms with Gasteiger partial charge in [0.1, 0.15) is 5.82 Å². The predicted octanol–water partition coefficient (Wildman–Crippen LogP) is 1.90. The van der Waals surface area contributed by atoms with Gasteiger partial charge >= 0.3 is 0 Å². The number of rotatable bonds is 5. The largest absolute Gasteiger partial charge is 0.384 e. The number of halogens is 1. The normalized spacial score (nSPS) is 12.8. The molecule has 0 heterocycles. The first kappa shape index (κ1) is 11.1. The summed E-state index contributed by atoms with van der Waals surface area (Å²) >= 11 is 0. The van der Waals surface area contributed by atoms with Crippen molar-refractivity contribution in [1.82, 2.24) is 0 Å². The minimum absolute atomic E-state index is 0.0613. The zero-order valence-corrected chi connectivity index (χ0v) is 8.37. The molecule has 1 aromatic carbocycles. The predicted molar refractivity (Wildman–Crippen MR) is 54.7 cm³/mol. The lowest BCUT2D eigenvalue weighted by Gasteiger charge is -2.15. The number of ether oxygens (including phenoxy) is 1. The molecule has 0 aliphatic carbocycles. The van der Waals surface area contributed by atoms with Crippen molar-refractivity contribution in [2.24, 2.45) is 5.73 Å². The van der Waals surface area contributed by atoms with Crippen LogP contribution in [0.15, 0.2) is 24.3 Å². The van der Waals surface area contributed by atoms with Crippen LogP contribution in [0.3, 0.4) is 0 Å². The molecule has 0 bridgehead atoms. The van der Waals surface area contributed by atoms with Gasteiger partial charge < -0.3 is 10.5 Å². The Labute approximate surface area is 83.9 Å². The Kier molecular flexibility index (Phi) is 4.56. The molecule has 78 valence electrons. The summed E-state index contributed by atoms with van der Waals surface area (Å²) in [7, 11) is 1.62. The third-order valence-electron chi connectivity index (χ3n) is 2.23. The van der Waals surface area contributed by atoms with Crippen molar-refractivity contribution in [2.75, 3.05) is 20.3 Å². The first-order chi connectivity index (χ1) is 6.79. The van der Waals surface area contributed by atoms with Crippen molar-refractivity contribution in [1.29, 1.82) is 0 Å². The van der Waals surface area contributed by atoms with E-state index in [1.165, 1.54) is 6.07 Å². The van der Waals surface area contributed by atoms with Gasteiger partial charge in [0.2, 0.25) is 0 Å². The zero-order valence-electron chi connectivity index (χ0n) is 8.37. The van der Waals surface area contributed by atoms with E-state index in [1.807, 2.05) is 6.07 Å². The summed E-state index contributed by atoms with van der Waals surface area (Å²) in [5.74, 6) is -0.116. The van der Waals surface area contributed by atoms with Crippen LogP contribution in [0.4, 0.5) is 4.39 Å². The van der Waals surface area contributed by atoms with Crippen molar-refractivity contribution >= 4 is 0 Å². The van der Waals surface area contributed by atoms with Gasteiger partial charge in [-0.3, -0.25) is 0 Å². The highest BCUT2D eigenvalue weighted by Gasteiger charge is 2.13. The van der Waals surface area contributed by atoms with Crippen molar-refractivity contribution in [3.05, 3.63) is 35.6 Å². The molecule has 0 aliphatic heterocycles. The maximum absolute atomic E-state index is 13.4. The second kappa shape index (κ2) is 5.73.